The molecule has 25 heavy (non-hydrogen) atoms. The lowest BCUT2D eigenvalue weighted by Crippen LogP contribution is -2.30. The van der Waals surface area contributed by atoms with E-state index in [0.717, 1.165) is 16.8 Å². The van der Waals surface area contributed by atoms with Crippen molar-refractivity contribution < 1.29 is 4.39 Å². The molecule has 2 aromatic carbocycles. The van der Waals surface area contributed by atoms with Gasteiger partial charge in [-0.2, -0.15) is 0 Å². The highest BCUT2D eigenvalue weighted by Gasteiger charge is 2.24. The number of hydrogen-bond donors (Lipinski definition) is 4. The molecule has 0 aromatic heterocycles. The fraction of sp³-hybridized carbons (Fsp3) is 0.263. The minimum absolute atomic E-state index is 0.118. The molecule has 0 bridgehead atoms. The van der Waals surface area contributed by atoms with E-state index in [9.17, 15) is 4.39 Å². The van der Waals surface area contributed by atoms with Crippen molar-refractivity contribution in [2.45, 2.75) is 26.8 Å². The zero-order valence-corrected chi connectivity index (χ0v) is 14.5. The molecule has 0 aliphatic carbocycles. The lowest BCUT2D eigenvalue weighted by atomic mass is 9.95. The van der Waals surface area contributed by atoms with Crippen LogP contribution in [0, 0.1) is 16.6 Å². The second kappa shape index (κ2) is 6.29. The second-order valence-electron chi connectivity index (χ2n) is 7.15. The molecule has 2 aromatic rings. The summed E-state index contributed by atoms with van der Waals surface area (Å²) in [6, 6.07) is 11.9. The van der Waals surface area contributed by atoms with Crippen molar-refractivity contribution in [3.8, 4) is 0 Å². The van der Waals surface area contributed by atoms with Crippen LogP contribution >= 0.6 is 0 Å². The lowest BCUT2D eigenvalue weighted by Gasteiger charge is -2.17. The van der Waals surface area contributed by atoms with Gasteiger partial charge in [0, 0.05) is 16.5 Å². The molecule has 5 nitrogen and oxygen atoms in total. The molecule has 1 aliphatic heterocycles. The van der Waals surface area contributed by atoms with Gasteiger partial charge in [0.05, 0.1) is 11.7 Å². The van der Waals surface area contributed by atoms with E-state index in [1.807, 2.05) is 39.0 Å². The van der Waals surface area contributed by atoms with Gasteiger partial charge in [0.15, 0.2) is 5.84 Å². The summed E-state index contributed by atoms with van der Waals surface area (Å²) >= 11 is 0. The van der Waals surface area contributed by atoms with Crippen LogP contribution in [0.4, 0.5) is 10.1 Å². The zero-order chi connectivity index (χ0) is 18.2. The van der Waals surface area contributed by atoms with Gasteiger partial charge in [0.2, 0.25) is 0 Å². The number of nitrogens with two attached hydrogens (primary N) is 1. The largest absolute Gasteiger partial charge is 0.387 e. The standard InChI is InChI=1S/C19H22FN5/c1-19(2,3)18(22)23-17(21)12-6-9-15-14(10-12)16(25-24-15)11-4-7-13(20)8-5-11/h4-10,16,24-25H,1-3H3,(H3,21,22,23). The van der Waals surface area contributed by atoms with Crippen LogP contribution in [-0.4, -0.2) is 11.7 Å². The number of hydrazine groups is 1. The summed E-state index contributed by atoms with van der Waals surface area (Å²) in [6.07, 6.45) is 0. The number of nitrogens with one attached hydrogen (secondary N) is 3. The van der Waals surface area contributed by atoms with Crippen molar-refractivity contribution in [1.82, 2.24) is 5.43 Å². The molecule has 0 saturated heterocycles. The van der Waals surface area contributed by atoms with Crippen molar-refractivity contribution >= 4 is 17.4 Å². The number of aliphatic imine (C=N–C) groups is 1. The normalized spacial score (nSPS) is 17.1. The predicted octanol–water partition coefficient (Wildman–Crippen LogP) is 3.57. The molecule has 5 N–H and O–H groups in total. The van der Waals surface area contributed by atoms with Crippen LogP contribution in [0.5, 0.6) is 0 Å². The molecule has 0 saturated carbocycles. The van der Waals surface area contributed by atoms with Gasteiger partial charge in [0.25, 0.3) is 0 Å². The number of nitrogens with zero attached hydrogens (tertiary/aromatic N) is 1. The molecule has 1 unspecified atom stereocenters. The monoisotopic (exact) mass is 339 g/mol. The van der Waals surface area contributed by atoms with Gasteiger partial charge >= 0.3 is 0 Å². The van der Waals surface area contributed by atoms with Crippen LogP contribution in [0.2, 0.25) is 0 Å². The Morgan fingerprint density at radius 2 is 1.84 bits per heavy atom. The minimum atomic E-state index is -0.289. The molecule has 1 aliphatic rings. The third-order valence-corrected chi connectivity index (χ3v) is 4.19. The molecule has 0 radical (unpaired) electrons. The van der Waals surface area contributed by atoms with E-state index in [2.05, 4.69) is 15.8 Å². The fourth-order valence-electron chi connectivity index (χ4n) is 2.56. The van der Waals surface area contributed by atoms with Crippen LogP contribution < -0.4 is 16.6 Å². The fourth-order valence-corrected chi connectivity index (χ4v) is 2.56. The van der Waals surface area contributed by atoms with E-state index in [1.165, 1.54) is 12.1 Å². The number of rotatable bonds is 2. The van der Waals surface area contributed by atoms with Gasteiger partial charge in [-0.25, -0.2) is 14.8 Å². The number of hydrogen-bond acceptors (Lipinski definition) is 3. The maximum absolute atomic E-state index is 13.2. The molecule has 3 rings (SSSR count). The van der Waals surface area contributed by atoms with E-state index < -0.39 is 0 Å². The highest BCUT2D eigenvalue weighted by molar-refractivity contribution is 6.05. The Morgan fingerprint density at radius 1 is 1.16 bits per heavy atom. The summed E-state index contributed by atoms with van der Waals surface area (Å²) in [7, 11) is 0. The van der Waals surface area contributed by atoms with E-state index >= 15 is 0 Å². The van der Waals surface area contributed by atoms with Crippen molar-refractivity contribution in [1.29, 1.82) is 5.41 Å². The van der Waals surface area contributed by atoms with E-state index in [-0.39, 0.29) is 23.1 Å². The molecule has 0 fully saturated rings. The summed E-state index contributed by atoms with van der Waals surface area (Å²) in [6.45, 7) is 5.88. The Balaban J connectivity index is 1.93. The number of amidine groups is 2. The summed E-state index contributed by atoms with van der Waals surface area (Å²) in [4.78, 5) is 4.24. The molecule has 0 amide bonds. The first-order valence-electron chi connectivity index (χ1n) is 8.10. The van der Waals surface area contributed by atoms with E-state index in [0.29, 0.717) is 11.4 Å². The summed E-state index contributed by atoms with van der Waals surface area (Å²) < 4.78 is 13.2. The average molecular weight is 339 g/mol. The van der Waals surface area contributed by atoms with Gasteiger partial charge in [-0.05, 0) is 35.9 Å². The SMILES string of the molecule is CC(C)(C)C(N)=NC(=N)c1ccc2c(c1)C(c1ccc(F)cc1)NN2. The van der Waals surface area contributed by atoms with Gasteiger partial charge < -0.3 is 11.2 Å². The number of benzene rings is 2. The Kier molecular flexibility index (Phi) is 4.30. The Morgan fingerprint density at radius 3 is 2.48 bits per heavy atom. The highest BCUT2D eigenvalue weighted by Crippen LogP contribution is 2.34. The Bertz CT molecular complexity index is 834. The third kappa shape index (κ3) is 3.53. The topological polar surface area (TPSA) is 86.3 Å². The van der Waals surface area contributed by atoms with Gasteiger partial charge in [0.1, 0.15) is 11.7 Å². The number of fused-ring (bicyclic) bond motifs is 1. The van der Waals surface area contributed by atoms with E-state index in [4.69, 9.17) is 11.1 Å². The first-order valence-corrected chi connectivity index (χ1v) is 8.10. The van der Waals surface area contributed by atoms with Gasteiger partial charge in [-0.15, -0.1) is 0 Å². The summed E-state index contributed by atoms with van der Waals surface area (Å²) in [5, 5.41) is 8.24. The summed E-state index contributed by atoms with van der Waals surface area (Å²) in [5.74, 6) is 0.279. The van der Waals surface area contributed by atoms with Gasteiger partial charge in [-0.3, -0.25) is 5.41 Å². The van der Waals surface area contributed by atoms with E-state index in [1.54, 1.807) is 12.1 Å². The Hall–Kier alpha value is -2.73. The van der Waals surface area contributed by atoms with Crippen LogP contribution in [-0.2, 0) is 0 Å². The first kappa shape index (κ1) is 17.1. The molecule has 1 heterocycles. The zero-order valence-electron chi connectivity index (χ0n) is 14.5. The molecule has 6 heteroatoms. The van der Waals surface area contributed by atoms with Crippen molar-refractivity contribution in [2.24, 2.45) is 16.1 Å². The quantitative estimate of drug-likeness (QED) is 0.498. The maximum Gasteiger partial charge on any atom is 0.153 e. The molecule has 1 atom stereocenters. The lowest BCUT2D eigenvalue weighted by molar-refractivity contribution is 0.585. The molecular weight excluding hydrogens is 317 g/mol. The van der Waals surface area contributed by atoms with Crippen molar-refractivity contribution in [3.05, 3.63) is 65.0 Å². The smallest absolute Gasteiger partial charge is 0.153 e. The second-order valence-corrected chi connectivity index (χ2v) is 7.15. The maximum atomic E-state index is 13.2. The Labute approximate surface area is 146 Å². The van der Waals surface area contributed by atoms with Crippen LogP contribution in [0.3, 0.4) is 0 Å². The van der Waals surface area contributed by atoms with Crippen LogP contribution in [0.25, 0.3) is 0 Å². The molecule has 0 spiro atoms. The van der Waals surface area contributed by atoms with Gasteiger partial charge in [-0.1, -0.05) is 32.9 Å². The van der Waals surface area contributed by atoms with Crippen LogP contribution in [0.1, 0.15) is 43.5 Å². The minimum Gasteiger partial charge on any atom is -0.387 e. The highest BCUT2D eigenvalue weighted by atomic mass is 19.1. The van der Waals surface area contributed by atoms with Crippen molar-refractivity contribution in [2.75, 3.05) is 5.43 Å². The molecular formula is C19H22FN5. The summed E-state index contributed by atoms with van der Waals surface area (Å²) in [5.41, 5.74) is 15.5. The number of halogens is 1. The third-order valence-electron chi connectivity index (χ3n) is 4.19. The van der Waals surface area contributed by atoms with Crippen molar-refractivity contribution in [3.63, 3.8) is 0 Å². The number of anilines is 1. The average Bonchev–Trinajstić information content (AvgIpc) is 2.97. The first-order chi connectivity index (χ1) is 11.8. The van der Waals surface area contributed by atoms with Crippen LogP contribution in [0.15, 0.2) is 47.5 Å². The molecule has 130 valence electrons. The predicted molar refractivity (Wildman–Crippen MR) is 99.3 cm³/mol.